The average molecular weight is 367 g/mol. The van der Waals surface area contributed by atoms with Crippen LogP contribution in [0.3, 0.4) is 0 Å². The second-order valence-electron chi connectivity index (χ2n) is 4.20. The van der Waals surface area contributed by atoms with Crippen LogP contribution in [0.5, 0.6) is 0 Å². The molecule has 2 heterocycles. The number of benzene rings is 1. The molecule has 6 nitrogen and oxygen atoms in total. The molecule has 106 valence electrons. The molecule has 1 amide bonds. The van der Waals surface area contributed by atoms with Gasteiger partial charge in [0.15, 0.2) is 0 Å². The van der Waals surface area contributed by atoms with E-state index in [4.69, 9.17) is 11.6 Å². The highest BCUT2D eigenvalue weighted by atomic mass is 79.9. The quantitative estimate of drug-likeness (QED) is 0.747. The van der Waals surface area contributed by atoms with Gasteiger partial charge in [-0.3, -0.25) is 9.89 Å². The molecule has 0 aliphatic carbocycles. The first-order valence-corrected chi connectivity index (χ1v) is 7.11. The Balaban J connectivity index is 1.76. The average Bonchev–Trinajstić information content (AvgIpc) is 3.08. The zero-order valence-corrected chi connectivity index (χ0v) is 12.9. The van der Waals surface area contributed by atoms with E-state index in [1.165, 1.54) is 6.20 Å². The maximum absolute atomic E-state index is 12.0. The van der Waals surface area contributed by atoms with Gasteiger partial charge in [-0.15, -0.1) is 0 Å². The smallest absolute Gasteiger partial charge is 0.274 e. The van der Waals surface area contributed by atoms with Crippen LogP contribution in [0.4, 0.5) is 5.69 Å². The summed E-state index contributed by atoms with van der Waals surface area (Å²) < 4.78 is 2.27. The molecule has 0 saturated heterocycles. The summed E-state index contributed by atoms with van der Waals surface area (Å²) in [4.78, 5) is 12.0. The highest BCUT2D eigenvalue weighted by Crippen LogP contribution is 2.17. The lowest BCUT2D eigenvalue weighted by Gasteiger charge is -2.06. The molecule has 3 rings (SSSR count). The summed E-state index contributed by atoms with van der Waals surface area (Å²) in [5, 5.41) is 13.9. The predicted octanol–water partition coefficient (Wildman–Crippen LogP) is 3.26. The van der Waals surface area contributed by atoms with E-state index in [2.05, 4.69) is 36.5 Å². The van der Waals surface area contributed by atoms with E-state index in [1.807, 2.05) is 12.1 Å². The second kappa shape index (κ2) is 5.71. The zero-order valence-electron chi connectivity index (χ0n) is 10.5. The van der Waals surface area contributed by atoms with Crippen LogP contribution in [0.1, 0.15) is 10.5 Å². The molecule has 21 heavy (non-hydrogen) atoms. The third-order valence-electron chi connectivity index (χ3n) is 2.76. The number of nitrogens with one attached hydrogen (secondary N) is 2. The minimum atomic E-state index is -0.269. The molecule has 2 N–H and O–H groups in total. The number of carbonyl (C=O) groups excluding carboxylic acids is 1. The van der Waals surface area contributed by atoms with Crippen molar-refractivity contribution in [2.75, 3.05) is 5.32 Å². The summed E-state index contributed by atoms with van der Waals surface area (Å²) in [7, 11) is 0. The van der Waals surface area contributed by atoms with Crippen LogP contribution in [-0.2, 0) is 0 Å². The van der Waals surface area contributed by atoms with E-state index in [9.17, 15) is 4.79 Å². The Hall–Kier alpha value is -2.12. The molecule has 0 saturated carbocycles. The van der Waals surface area contributed by atoms with Gasteiger partial charge in [0, 0.05) is 11.9 Å². The molecular formula is C13H9BrClN5O. The fourth-order valence-electron chi connectivity index (χ4n) is 1.76. The molecule has 2 aromatic heterocycles. The molecule has 1 aromatic carbocycles. The van der Waals surface area contributed by atoms with Gasteiger partial charge in [0.1, 0.15) is 5.69 Å². The van der Waals surface area contributed by atoms with E-state index in [0.29, 0.717) is 20.9 Å². The summed E-state index contributed by atoms with van der Waals surface area (Å²) in [5.41, 5.74) is 1.89. The van der Waals surface area contributed by atoms with E-state index < -0.39 is 0 Å². The first-order chi connectivity index (χ1) is 10.1. The molecule has 0 atom stereocenters. The summed E-state index contributed by atoms with van der Waals surface area (Å²) in [6, 6.07) is 7.24. The summed E-state index contributed by atoms with van der Waals surface area (Å²) in [5.74, 6) is -0.269. The number of rotatable bonds is 3. The number of H-pyrrole nitrogens is 1. The van der Waals surface area contributed by atoms with Gasteiger partial charge in [0.2, 0.25) is 0 Å². The Morgan fingerprint density at radius 2 is 2.05 bits per heavy atom. The number of aromatic amines is 1. The Kier molecular flexibility index (Phi) is 3.76. The van der Waals surface area contributed by atoms with Crippen molar-refractivity contribution in [1.29, 1.82) is 0 Å². The van der Waals surface area contributed by atoms with Crippen molar-refractivity contribution < 1.29 is 4.79 Å². The first-order valence-electron chi connectivity index (χ1n) is 5.94. The van der Waals surface area contributed by atoms with E-state index in [-0.39, 0.29) is 5.91 Å². The fraction of sp³-hybridized carbons (Fsp3) is 0. The third-order valence-corrected chi connectivity index (χ3v) is 3.56. The van der Waals surface area contributed by atoms with Gasteiger partial charge in [0.25, 0.3) is 5.91 Å². The molecular weight excluding hydrogens is 358 g/mol. The number of carbonyl (C=O) groups is 1. The minimum absolute atomic E-state index is 0.269. The number of amides is 1. The lowest BCUT2D eigenvalue weighted by Crippen LogP contribution is -2.13. The highest BCUT2D eigenvalue weighted by Gasteiger charge is 2.12. The van der Waals surface area contributed by atoms with Gasteiger partial charge < -0.3 is 5.32 Å². The molecule has 0 aliphatic heterocycles. The number of halogens is 2. The number of aromatic nitrogens is 4. The van der Waals surface area contributed by atoms with Gasteiger partial charge in [0.05, 0.1) is 27.6 Å². The Labute approximate surface area is 133 Å². The second-order valence-corrected chi connectivity index (χ2v) is 5.49. The van der Waals surface area contributed by atoms with E-state index in [1.54, 1.807) is 29.2 Å². The number of hydrogen-bond acceptors (Lipinski definition) is 3. The summed E-state index contributed by atoms with van der Waals surface area (Å²) in [6.07, 6.45) is 4.79. The zero-order chi connectivity index (χ0) is 14.8. The Bertz CT molecular complexity index is 780. The monoisotopic (exact) mass is 365 g/mol. The van der Waals surface area contributed by atoms with Crippen molar-refractivity contribution in [3.63, 3.8) is 0 Å². The third kappa shape index (κ3) is 2.98. The van der Waals surface area contributed by atoms with Crippen molar-refractivity contribution >= 4 is 39.1 Å². The van der Waals surface area contributed by atoms with E-state index in [0.717, 1.165) is 5.69 Å². The molecule has 0 radical (unpaired) electrons. The maximum atomic E-state index is 12.0. The fourth-order valence-corrected chi connectivity index (χ4v) is 2.27. The van der Waals surface area contributed by atoms with Crippen LogP contribution in [0.2, 0.25) is 5.02 Å². The van der Waals surface area contributed by atoms with Crippen molar-refractivity contribution in [2.24, 2.45) is 0 Å². The molecule has 8 heteroatoms. The van der Waals surface area contributed by atoms with Crippen LogP contribution in [0.25, 0.3) is 5.69 Å². The maximum Gasteiger partial charge on any atom is 0.274 e. The molecule has 0 aliphatic rings. The van der Waals surface area contributed by atoms with Crippen molar-refractivity contribution in [3.8, 4) is 5.69 Å². The summed E-state index contributed by atoms with van der Waals surface area (Å²) in [6.45, 7) is 0. The molecule has 0 unspecified atom stereocenters. The molecule has 3 aromatic rings. The Morgan fingerprint density at radius 1 is 1.29 bits per heavy atom. The van der Waals surface area contributed by atoms with Crippen LogP contribution in [0.15, 0.2) is 47.3 Å². The van der Waals surface area contributed by atoms with Crippen LogP contribution >= 0.6 is 27.5 Å². The SMILES string of the molecule is O=C(Nc1ccc(-n2cc(Cl)cn2)cc1)c1[nH]ncc1Br. The molecule has 0 spiro atoms. The van der Waals surface area contributed by atoms with Crippen molar-refractivity contribution in [3.05, 3.63) is 58.0 Å². The minimum Gasteiger partial charge on any atom is -0.321 e. The largest absolute Gasteiger partial charge is 0.321 e. The highest BCUT2D eigenvalue weighted by molar-refractivity contribution is 9.10. The van der Waals surface area contributed by atoms with E-state index >= 15 is 0 Å². The van der Waals surface area contributed by atoms with Crippen LogP contribution in [0, 0.1) is 0 Å². The molecule has 0 bridgehead atoms. The summed E-state index contributed by atoms with van der Waals surface area (Å²) >= 11 is 9.07. The van der Waals surface area contributed by atoms with Gasteiger partial charge in [-0.05, 0) is 40.2 Å². The molecule has 0 fully saturated rings. The first kappa shape index (κ1) is 13.8. The van der Waals surface area contributed by atoms with Gasteiger partial charge in [-0.1, -0.05) is 11.6 Å². The van der Waals surface area contributed by atoms with Gasteiger partial charge in [-0.25, -0.2) is 4.68 Å². The standard InChI is InChI=1S/C13H9BrClN5O/c14-11-6-16-19-12(11)13(21)18-9-1-3-10(4-2-9)20-7-8(15)5-17-20/h1-7H,(H,16,19)(H,18,21). The topological polar surface area (TPSA) is 75.6 Å². The predicted molar refractivity (Wildman–Crippen MR) is 82.8 cm³/mol. The number of nitrogens with zero attached hydrogens (tertiary/aromatic N) is 3. The van der Waals surface area contributed by atoms with Crippen LogP contribution in [-0.4, -0.2) is 25.9 Å². The van der Waals surface area contributed by atoms with Gasteiger partial charge >= 0.3 is 0 Å². The van der Waals surface area contributed by atoms with Crippen molar-refractivity contribution in [2.45, 2.75) is 0 Å². The normalized spacial score (nSPS) is 10.6. The Morgan fingerprint density at radius 3 is 2.62 bits per heavy atom. The van der Waals surface area contributed by atoms with Gasteiger partial charge in [-0.2, -0.15) is 10.2 Å². The number of anilines is 1. The lowest BCUT2D eigenvalue weighted by atomic mass is 10.2. The number of hydrogen-bond donors (Lipinski definition) is 2. The lowest BCUT2D eigenvalue weighted by molar-refractivity contribution is 0.102. The van der Waals surface area contributed by atoms with Crippen molar-refractivity contribution in [1.82, 2.24) is 20.0 Å². The van der Waals surface area contributed by atoms with Crippen LogP contribution < -0.4 is 5.32 Å².